The highest BCUT2D eigenvalue weighted by molar-refractivity contribution is 9.10. The molecular formula is C18H15BrO4. The molecule has 0 heterocycles. The zero-order chi connectivity index (χ0) is 16.9. The average Bonchev–Trinajstić information content (AvgIpc) is 2.57. The molecule has 5 heteroatoms. The molecule has 23 heavy (non-hydrogen) atoms. The summed E-state index contributed by atoms with van der Waals surface area (Å²) in [4.78, 5) is 22.9. The van der Waals surface area contributed by atoms with Crippen LogP contribution in [-0.4, -0.2) is 24.1 Å². The van der Waals surface area contributed by atoms with E-state index in [9.17, 15) is 14.7 Å². The van der Waals surface area contributed by atoms with Crippen molar-refractivity contribution < 1.29 is 19.4 Å². The van der Waals surface area contributed by atoms with Crippen LogP contribution in [0.2, 0.25) is 0 Å². The largest absolute Gasteiger partial charge is 0.497 e. The molecule has 0 amide bonds. The highest BCUT2D eigenvalue weighted by Crippen LogP contribution is 2.37. The molecule has 0 saturated heterocycles. The highest BCUT2D eigenvalue weighted by Gasteiger charge is 2.41. The molecule has 0 spiro atoms. The van der Waals surface area contributed by atoms with Crippen LogP contribution in [0.5, 0.6) is 5.75 Å². The van der Waals surface area contributed by atoms with E-state index in [0.717, 1.165) is 4.47 Å². The minimum Gasteiger partial charge on any atom is -0.497 e. The van der Waals surface area contributed by atoms with Crippen LogP contribution < -0.4 is 4.74 Å². The number of rotatable bonds is 6. The van der Waals surface area contributed by atoms with Crippen LogP contribution in [0, 0.1) is 0 Å². The van der Waals surface area contributed by atoms with Gasteiger partial charge in [-0.2, -0.15) is 0 Å². The predicted molar refractivity (Wildman–Crippen MR) is 90.4 cm³/mol. The first-order valence-corrected chi connectivity index (χ1v) is 7.67. The minimum absolute atomic E-state index is 0.0137. The van der Waals surface area contributed by atoms with Crippen LogP contribution in [0.25, 0.3) is 0 Å². The number of allylic oxidation sites excluding steroid dienone is 1. The number of benzene rings is 2. The van der Waals surface area contributed by atoms with Crippen molar-refractivity contribution in [1.82, 2.24) is 0 Å². The Labute approximate surface area is 142 Å². The smallest absolute Gasteiger partial charge is 0.318 e. The molecule has 118 valence electrons. The second-order valence-electron chi connectivity index (χ2n) is 4.97. The van der Waals surface area contributed by atoms with Gasteiger partial charge in [-0.3, -0.25) is 4.79 Å². The first-order chi connectivity index (χ1) is 11.0. The minimum atomic E-state index is -1.36. The number of hydrogen-bond acceptors (Lipinski definition) is 3. The van der Waals surface area contributed by atoms with Crippen molar-refractivity contribution in [2.75, 3.05) is 7.11 Å². The van der Waals surface area contributed by atoms with Gasteiger partial charge in [-0.15, -0.1) is 0 Å². The third kappa shape index (κ3) is 3.36. The Morgan fingerprint density at radius 3 is 2.13 bits per heavy atom. The van der Waals surface area contributed by atoms with E-state index >= 15 is 0 Å². The number of hydrogen-bond donors (Lipinski definition) is 1. The van der Waals surface area contributed by atoms with Crippen LogP contribution in [0.1, 0.15) is 17.5 Å². The maximum atomic E-state index is 12.2. The number of ether oxygens (including phenoxy) is 1. The van der Waals surface area contributed by atoms with Gasteiger partial charge < -0.3 is 9.84 Å². The Bertz CT molecular complexity index is 731. The molecule has 0 fully saturated rings. The van der Waals surface area contributed by atoms with Gasteiger partial charge in [0.2, 0.25) is 0 Å². The molecule has 0 aliphatic carbocycles. The molecule has 2 aromatic carbocycles. The first-order valence-electron chi connectivity index (χ1n) is 6.88. The van der Waals surface area contributed by atoms with Crippen molar-refractivity contribution in [3.05, 3.63) is 70.2 Å². The highest BCUT2D eigenvalue weighted by atomic mass is 79.9. The van der Waals surface area contributed by atoms with Crippen LogP contribution in [0.4, 0.5) is 0 Å². The molecule has 0 saturated carbocycles. The van der Waals surface area contributed by atoms with Crippen molar-refractivity contribution in [1.29, 1.82) is 0 Å². The number of carboxylic acids is 1. The molecule has 1 N–H and O–H groups in total. The molecule has 1 atom stereocenters. The predicted octanol–water partition coefficient (Wildman–Crippen LogP) is 3.61. The van der Waals surface area contributed by atoms with E-state index in [-0.39, 0.29) is 6.42 Å². The van der Waals surface area contributed by atoms with Gasteiger partial charge in [-0.25, -0.2) is 4.79 Å². The lowest BCUT2D eigenvalue weighted by Gasteiger charge is -2.29. The molecule has 4 nitrogen and oxygen atoms in total. The van der Waals surface area contributed by atoms with Crippen LogP contribution in [0.15, 0.2) is 59.1 Å². The van der Waals surface area contributed by atoms with E-state index in [1.165, 1.54) is 6.08 Å². The third-order valence-corrected chi connectivity index (χ3v) is 4.31. The van der Waals surface area contributed by atoms with Gasteiger partial charge >= 0.3 is 5.97 Å². The number of halogens is 1. The molecule has 0 aliphatic rings. The molecule has 2 rings (SSSR count). The van der Waals surface area contributed by atoms with Crippen molar-refractivity contribution in [2.45, 2.75) is 11.8 Å². The number of methoxy groups -OCH3 is 1. The normalized spacial score (nSPS) is 12.8. The van der Waals surface area contributed by atoms with Crippen molar-refractivity contribution >= 4 is 27.8 Å². The lowest BCUT2D eigenvalue weighted by molar-refractivity contribution is -0.142. The number of carbonyl (C=O) groups is 1. The van der Waals surface area contributed by atoms with E-state index in [4.69, 9.17) is 4.74 Å². The quantitative estimate of drug-likeness (QED) is 0.784. The van der Waals surface area contributed by atoms with E-state index in [0.29, 0.717) is 16.9 Å². The van der Waals surface area contributed by atoms with Gasteiger partial charge in [0, 0.05) is 17.0 Å². The second-order valence-corrected chi connectivity index (χ2v) is 5.89. The summed E-state index contributed by atoms with van der Waals surface area (Å²) in [5.74, 6) is 1.28. The Balaban J connectivity index is 2.67. The maximum Gasteiger partial charge on any atom is 0.318 e. The zero-order valence-electron chi connectivity index (χ0n) is 12.5. The van der Waals surface area contributed by atoms with Crippen LogP contribution in [-0.2, 0) is 15.0 Å². The summed E-state index contributed by atoms with van der Waals surface area (Å²) >= 11 is 3.34. The summed E-state index contributed by atoms with van der Waals surface area (Å²) in [5, 5.41) is 9.96. The van der Waals surface area contributed by atoms with Gasteiger partial charge in [0.05, 0.1) is 7.11 Å². The fourth-order valence-electron chi connectivity index (χ4n) is 2.54. The van der Waals surface area contributed by atoms with E-state index in [1.807, 2.05) is 0 Å². The van der Waals surface area contributed by atoms with Gasteiger partial charge in [-0.05, 0) is 35.4 Å². The molecule has 2 aromatic rings. The summed E-state index contributed by atoms with van der Waals surface area (Å²) < 4.78 is 5.97. The Morgan fingerprint density at radius 2 is 1.70 bits per heavy atom. The number of carbonyl (C=O) groups excluding carboxylic acids is 1. The van der Waals surface area contributed by atoms with Gasteiger partial charge in [0.15, 0.2) is 0 Å². The topological polar surface area (TPSA) is 63.6 Å². The van der Waals surface area contributed by atoms with Crippen LogP contribution in [0.3, 0.4) is 0 Å². The number of carboxylic acid groups (broad SMARTS) is 1. The van der Waals surface area contributed by atoms with Gasteiger partial charge in [0.1, 0.15) is 17.1 Å². The third-order valence-electron chi connectivity index (χ3n) is 3.78. The monoisotopic (exact) mass is 374 g/mol. The lowest BCUT2D eigenvalue weighted by atomic mass is 9.72. The Kier molecular flexibility index (Phi) is 5.37. The Morgan fingerprint density at radius 1 is 1.17 bits per heavy atom. The average molecular weight is 375 g/mol. The number of aliphatic carboxylic acids is 1. The summed E-state index contributed by atoms with van der Waals surface area (Å²) in [6.45, 7) is 0. The summed E-state index contributed by atoms with van der Waals surface area (Å²) in [7, 11) is 1.54. The van der Waals surface area contributed by atoms with Gasteiger partial charge in [-0.1, -0.05) is 40.2 Å². The summed E-state index contributed by atoms with van der Waals surface area (Å²) in [5.41, 5.74) is -0.200. The van der Waals surface area contributed by atoms with E-state index < -0.39 is 11.4 Å². The van der Waals surface area contributed by atoms with Crippen LogP contribution >= 0.6 is 15.9 Å². The zero-order valence-corrected chi connectivity index (χ0v) is 14.0. The standard InChI is InChI=1S/C18H15BrO4/c1-23-16-9-5-14(6-10-16)18(17(21)22,11-2-12-20)13-3-7-15(19)8-4-13/h2-10H,11H2,1H3,(H,21,22). The van der Waals surface area contributed by atoms with Gasteiger partial charge in [0.25, 0.3) is 0 Å². The van der Waals surface area contributed by atoms with Crippen molar-refractivity contribution in [3.63, 3.8) is 0 Å². The maximum absolute atomic E-state index is 12.2. The second kappa shape index (κ2) is 7.27. The Hall–Kier alpha value is -2.36. The van der Waals surface area contributed by atoms with E-state index in [1.54, 1.807) is 61.6 Å². The lowest BCUT2D eigenvalue weighted by Crippen LogP contribution is -2.36. The molecule has 0 aromatic heterocycles. The fourth-order valence-corrected chi connectivity index (χ4v) is 2.81. The SMILES string of the molecule is COc1ccc(C(CC=C=O)(C(=O)O)c2ccc(Br)cc2)cc1. The molecule has 0 radical (unpaired) electrons. The molecule has 0 aliphatic heterocycles. The molecular weight excluding hydrogens is 360 g/mol. The summed E-state index contributed by atoms with van der Waals surface area (Å²) in [6.07, 6.45) is 1.22. The fraction of sp³-hybridized carbons (Fsp3) is 0.167. The van der Waals surface area contributed by atoms with Crippen molar-refractivity contribution in [2.24, 2.45) is 0 Å². The summed E-state index contributed by atoms with van der Waals surface area (Å²) in [6, 6.07) is 13.8. The molecule has 0 bridgehead atoms. The molecule has 1 unspecified atom stereocenters. The van der Waals surface area contributed by atoms with Crippen molar-refractivity contribution in [3.8, 4) is 5.75 Å². The first kappa shape index (κ1) is 17.0. The van der Waals surface area contributed by atoms with E-state index in [2.05, 4.69) is 15.9 Å².